The lowest BCUT2D eigenvalue weighted by Crippen LogP contribution is -2.30. The molecule has 3 aromatic rings. The number of aryl methyl sites for hydroxylation is 2. The Bertz CT molecular complexity index is 1350. The number of hydrogen-bond donors (Lipinski definition) is 1. The van der Waals surface area contributed by atoms with Crippen LogP contribution in [-0.2, 0) is 29.4 Å². The van der Waals surface area contributed by atoms with Gasteiger partial charge >= 0.3 is 0 Å². The fourth-order valence-electron chi connectivity index (χ4n) is 4.09. The minimum Gasteiger partial charge on any atom is -0.279 e. The van der Waals surface area contributed by atoms with Crippen LogP contribution in [0.2, 0.25) is 0 Å². The molecule has 1 heterocycles. The van der Waals surface area contributed by atoms with E-state index in [0.29, 0.717) is 42.3 Å². The number of rotatable bonds is 5. The molecular formula is C23H23F2N3O3S. The summed E-state index contributed by atoms with van der Waals surface area (Å²) in [5, 5.41) is 4.52. The molecule has 1 aliphatic carbocycles. The first kappa shape index (κ1) is 22.1. The molecular weight excluding hydrogens is 436 g/mol. The van der Waals surface area contributed by atoms with Gasteiger partial charge in [0.05, 0.1) is 16.3 Å². The zero-order valence-electron chi connectivity index (χ0n) is 17.8. The van der Waals surface area contributed by atoms with Gasteiger partial charge in [0.2, 0.25) is 0 Å². The molecule has 0 radical (unpaired) electrons. The van der Waals surface area contributed by atoms with Crippen molar-refractivity contribution in [2.75, 3.05) is 4.72 Å². The highest BCUT2D eigenvalue weighted by Crippen LogP contribution is 2.31. The van der Waals surface area contributed by atoms with Gasteiger partial charge in [-0.3, -0.25) is 9.52 Å². The maximum absolute atomic E-state index is 13.5. The van der Waals surface area contributed by atoms with E-state index in [2.05, 4.69) is 9.82 Å². The highest BCUT2D eigenvalue weighted by Gasteiger charge is 2.24. The van der Waals surface area contributed by atoms with E-state index >= 15 is 0 Å². The summed E-state index contributed by atoms with van der Waals surface area (Å²) in [5.74, 6) is -1.77. The number of nitrogens with one attached hydrogen (secondary N) is 1. The topological polar surface area (TPSA) is 81.1 Å². The van der Waals surface area contributed by atoms with Gasteiger partial charge in [-0.1, -0.05) is 12.1 Å². The molecule has 32 heavy (non-hydrogen) atoms. The van der Waals surface area contributed by atoms with Crippen LogP contribution >= 0.6 is 0 Å². The highest BCUT2D eigenvalue weighted by atomic mass is 32.2. The third kappa shape index (κ3) is 4.17. The number of aromatic nitrogens is 2. The first-order valence-electron chi connectivity index (χ1n) is 10.4. The number of fused-ring (bicyclic) bond motifs is 1. The van der Waals surface area contributed by atoms with Crippen LogP contribution in [0, 0.1) is 18.6 Å². The standard InChI is InChI=1S/C23H23F2N3O3S/c1-3-28-23(29)20-7-5-4-6-19(20)22(26-28)15-9-8-14(2)21(10-15)32(30,31)27-18-12-16(24)11-17(25)13-18/h8-13,27H,3-7H2,1-2H3. The first-order chi connectivity index (χ1) is 15.2. The van der Waals surface area contributed by atoms with Crippen molar-refractivity contribution in [2.24, 2.45) is 0 Å². The Labute approximate surface area is 185 Å². The van der Waals surface area contributed by atoms with Crippen LogP contribution in [0.4, 0.5) is 14.5 Å². The summed E-state index contributed by atoms with van der Waals surface area (Å²) in [4.78, 5) is 12.7. The van der Waals surface area contributed by atoms with Crippen molar-refractivity contribution >= 4 is 15.7 Å². The van der Waals surface area contributed by atoms with Crippen molar-refractivity contribution in [3.8, 4) is 11.3 Å². The van der Waals surface area contributed by atoms with Gasteiger partial charge in [-0.05, 0) is 68.9 Å². The molecule has 6 nitrogen and oxygen atoms in total. The van der Waals surface area contributed by atoms with Crippen molar-refractivity contribution in [1.29, 1.82) is 0 Å². The zero-order chi connectivity index (χ0) is 23.0. The monoisotopic (exact) mass is 459 g/mol. The second-order valence-corrected chi connectivity index (χ2v) is 9.53. The summed E-state index contributed by atoms with van der Waals surface area (Å²) in [6.45, 7) is 3.88. The van der Waals surface area contributed by atoms with Crippen molar-refractivity contribution in [3.63, 3.8) is 0 Å². The number of sulfonamides is 1. The summed E-state index contributed by atoms with van der Waals surface area (Å²) < 4.78 is 56.8. The Balaban J connectivity index is 1.83. The van der Waals surface area contributed by atoms with Crippen molar-refractivity contribution in [3.05, 3.63) is 75.1 Å². The molecule has 4 rings (SSSR count). The molecule has 0 bridgehead atoms. The second-order valence-electron chi connectivity index (χ2n) is 7.88. The Morgan fingerprint density at radius 3 is 2.34 bits per heavy atom. The molecule has 168 valence electrons. The Morgan fingerprint density at radius 2 is 1.69 bits per heavy atom. The van der Waals surface area contributed by atoms with Gasteiger partial charge in [-0.15, -0.1) is 0 Å². The van der Waals surface area contributed by atoms with Crippen LogP contribution < -0.4 is 10.3 Å². The maximum atomic E-state index is 13.5. The molecule has 0 spiro atoms. The fourth-order valence-corrected chi connectivity index (χ4v) is 5.40. The molecule has 0 atom stereocenters. The summed E-state index contributed by atoms with van der Waals surface area (Å²) in [7, 11) is -4.13. The van der Waals surface area contributed by atoms with Gasteiger partial charge < -0.3 is 0 Å². The van der Waals surface area contributed by atoms with E-state index in [1.165, 1.54) is 10.7 Å². The second kappa shape index (κ2) is 8.46. The van der Waals surface area contributed by atoms with Crippen molar-refractivity contribution < 1.29 is 17.2 Å². The van der Waals surface area contributed by atoms with E-state index in [9.17, 15) is 22.0 Å². The van der Waals surface area contributed by atoms with E-state index in [1.54, 1.807) is 19.1 Å². The van der Waals surface area contributed by atoms with E-state index in [0.717, 1.165) is 36.1 Å². The van der Waals surface area contributed by atoms with Gasteiger partial charge in [0.15, 0.2) is 0 Å². The number of benzene rings is 2. The Hall–Kier alpha value is -3.07. The summed E-state index contributed by atoms with van der Waals surface area (Å²) >= 11 is 0. The molecule has 0 saturated carbocycles. The molecule has 9 heteroatoms. The van der Waals surface area contributed by atoms with Crippen LogP contribution in [0.25, 0.3) is 11.3 Å². The summed E-state index contributed by atoms with van der Waals surface area (Å²) in [5.41, 5.74) is 2.93. The third-order valence-corrected chi connectivity index (χ3v) is 7.16. The molecule has 2 aromatic carbocycles. The number of halogens is 2. The van der Waals surface area contributed by atoms with Gasteiger partial charge in [0.25, 0.3) is 15.6 Å². The molecule has 0 unspecified atom stereocenters. The zero-order valence-corrected chi connectivity index (χ0v) is 18.6. The quantitative estimate of drug-likeness (QED) is 0.620. The maximum Gasteiger partial charge on any atom is 0.270 e. The molecule has 0 saturated heterocycles. The van der Waals surface area contributed by atoms with E-state index < -0.39 is 21.7 Å². The van der Waals surface area contributed by atoms with Gasteiger partial charge in [0.1, 0.15) is 11.6 Å². The van der Waals surface area contributed by atoms with Crippen LogP contribution in [-0.4, -0.2) is 18.2 Å². The predicted molar refractivity (Wildman–Crippen MR) is 118 cm³/mol. The van der Waals surface area contributed by atoms with Crippen LogP contribution in [0.3, 0.4) is 0 Å². The molecule has 1 aromatic heterocycles. The Kier molecular flexibility index (Phi) is 5.85. The molecule has 0 fully saturated rings. The molecule has 0 aliphatic heterocycles. The van der Waals surface area contributed by atoms with Gasteiger partial charge in [-0.2, -0.15) is 5.10 Å². The van der Waals surface area contributed by atoms with E-state index in [1.807, 2.05) is 6.92 Å². The largest absolute Gasteiger partial charge is 0.279 e. The highest BCUT2D eigenvalue weighted by molar-refractivity contribution is 7.92. The molecule has 1 aliphatic rings. The predicted octanol–water partition coefficient (Wildman–Crippen LogP) is 4.20. The lowest BCUT2D eigenvalue weighted by Gasteiger charge is -2.20. The van der Waals surface area contributed by atoms with Crippen LogP contribution in [0.5, 0.6) is 0 Å². The Morgan fingerprint density at radius 1 is 1.03 bits per heavy atom. The number of nitrogens with zero attached hydrogens (tertiary/aromatic N) is 2. The SMILES string of the molecule is CCn1nc(-c2ccc(C)c(S(=O)(=O)Nc3cc(F)cc(F)c3)c2)c2c(c1=O)CCCC2. The van der Waals surface area contributed by atoms with Crippen LogP contribution in [0.1, 0.15) is 36.5 Å². The third-order valence-electron chi connectivity index (χ3n) is 5.63. The lowest BCUT2D eigenvalue weighted by atomic mass is 9.89. The van der Waals surface area contributed by atoms with Gasteiger partial charge in [-0.25, -0.2) is 21.9 Å². The summed E-state index contributed by atoms with van der Waals surface area (Å²) in [6.07, 6.45) is 3.24. The lowest BCUT2D eigenvalue weighted by molar-refractivity contribution is 0.581. The summed E-state index contributed by atoms with van der Waals surface area (Å²) in [6, 6.07) is 7.42. The average Bonchev–Trinajstić information content (AvgIpc) is 2.73. The smallest absolute Gasteiger partial charge is 0.270 e. The minimum atomic E-state index is -4.13. The minimum absolute atomic E-state index is 0.0275. The molecule has 0 amide bonds. The van der Waals surface area contributed by atoms with E-state index in [4.69, 9.17) is 0 Å². The van der Waals surface area contributed by atoms with Crippen molar-refractivity contribution in [1.82, 2.24) is 9.78 Å². The number of anilines is 1. The van der Waals surface area contributed by atoms with Crippen molar-refractivity contribution in [2.45, 2.75) is 51.0 Å². The van der Waals surface area contributed by atoms with E-state index in [-0.39, 0.29) is 16.1 Å². The average molecular weight is 460 g/mol. The normalized spacial score (nSPS) is 13.6. The van der Waals surface area contributed by atoms with Crippen LogP contribution in [0.15, 0.2) is 46.1 Å². The van der Waals surface area contributed by atoms with Gasteiger partial charge in [0, 0.05) is 23.7 Å². The molecule has 1 N–H and O–H groups in total. The fraction of sp³-hybridized carbons (Fsp3) is 0.304. The number of hydrogen-bond acceptors (Lipinski definition) is 4. The first-order valence-corrected chi connectivity index (χ1v) is 11.9.